The van der Waals surface area contributed by atoms with E-state index in [-0.39, 0.29) is 18.5 Å². The summed E-state index contributed by atoms with van der Waals surface area (Å²) in [7, 11) is 4.05. The van der Waals surface area contributed by atoms with E-state index in [4.69, 9.17) is 0 Å². The Hall–Kier alpha value is -2.14. The number of benzene rings is 1. The first-order valence-corrected chi connectivity index (χ1v) is 7.04. The van der Waals surface area contributed by atoms with Crippen LogP contribution in [-0.2, 0) is 11.3 Å². The zero-order chi connectivity index (χ0) is 15.2. The van der Waals surface area contributed by atoms with Crippen molar-refractivity contribution in [2.24, 2.45) is 0 Å². The van der Waals surface area contributed by atoms with Crippen LogP contribution in [-0.4, -0.2) is 41.2 Å². The summed E-state index contributed by atoms with van der Waals surface area (Å²) in [6.45, 7) is 2.93. The molecule has 1 N–H and O–H groups in total. The summed E-state index contributed by atoms with van der Waals surface area (Å²) < 4.78 is 1.62. The number of likely N-dealkylation sites (N-methyl/N-ethyl adjacent to an activating group) is 1. The minimum atomic E-state index is -0.0286. The molecule has 5 heteroatoms. The Morgan fingerprint density at radius 1 is 1.33 bits per heavy atom. The number of carbonyl (C=O) groups is 1. The van der Waals surface area contributed by atoms with Crippen LogP contribution in [0, 0.1) is 6.92 Å². The molecule has 1 heterocycles. The lowest BCUT2D eigenvalue weighted by Gasteiger charge is -2.26. The Bertz CT molecular complexity index is 578. The molecule has 2 aromatic rings. The average molecular weight is 286 g/mol. The van der Waals surface area contributed by atoms with E-state index < -0.39 is 0 Å². The fraction of sp³-hybridized carbons (Fsp3) is 0.375. The summed E-state index contributed by atoms with van der Waals surface area (Å²) in [6, 6.07) is 10.2. The van der Waals surface area contributed by atoms with Gasteiger partial charge < -0.3 is 10.2 Å². The second kappa shape index (κ2) is 7.04. The second-order valence-electron chi connectivity index (χ2n) is 5.34. The van der Waals surface area contributed by atoms with E-state index in [1.54, 1.807) is 17.1 Å². The molecule has 2 rings (SSSR count). The highest BCUT2D eigenvalue weighted by Gasteiger charge is 2.16. The zero-order valence-electron chi connectivity index (χ0n) is 12.8. The summed E-state index contributed by atoms with van der Waals surface area (Å²) in [5, 5.41) is 7.02. The molecule has 0 unspecified atom stereocenters. The maximum absolute atomic E-state index is 12.0. The summed E-state index contributed by atoms with van der Waals surface area (Å²) >= 11 is 0. The van der Waals surface area contributed by atoms with Crippen LogP contribution in [0.2, 0.25) is 0 Å². The maximum atomic E-state index is 12.0. The number of nitrogens with zero attached hydrogens (tertiary/aromatic N) is 3. The lowest BCUT2D eigenvalue weighted by molar-refractivity contribution is -0.122. The lowest BCUT2D eigenvalue weighted by Crippen LogP contribution is -2.36. The van der Waals surface area contributed by atoms with Crippen molar-refractivity contribution in [1.82, 2.24) is 20.0 Å². The van der Waals surface area contributed by atoms with Gasteiger partial charge in [-0.15, -0.1) is 0 Å². The molecule has 0 radical (unpaired) electrons. The van der Waals surface area contributed by atoms with Crippen LogP contribution >= 0.6 is 0 Å². The van der Waals surface area contributed by atoms with E-state index in [0.717, 1.165) is 0 Å². The van der Waals surface area contributed by atoms with E-state index in [1.807, 2.05) is 32.3 Å². The smallest absolute Gasteiger partial charge is 0.241 e. The predicted molar refractivity (Wildman–Crippen MR) is 82.8 cm³/mol. The molecule has 0 fully saturated rings. The molecule has 21 heavy (non-hydrogen) atoms. The largest absolute Gasteiger partial charge is 0.353 e. The topological polar surface area (TPSA) is 50.2 Å². The Morgan fingerprint density at radius 3 is 2.71 bits per heavy atom. The first-order valence-electron chi connectivity index (χ1n) is 7.04. The van der Waals surface area contributed by atoms with Crippen LogP contribution < -0.4 is 5.32 Å². The standard InChI is InChI=1S/C16H22N4O/c1-13-7-4-5-8-14(13)15(19(2)3)11-17-16(21)12-20-10-6-9-18-20/h4-10,15H,11-12H2,1-3H3,(H,17,21)/t15-/m1/s1. The van der Waals surface area contributed by atoms with Gasteiger partial charge >= 0.3 is 0 Å². The lowest BCUT2D eigenvalue weighted by atomic mass is 10.0. The van der Waals surface area contributed by atoms with E-state index >= 15 is 0 Å². The van der Waals surface area contributed by atoms with Gasteiger partial charge in [-0.2, -0.15) is 5.10 Å². The maximum Gasteiger partial charge on any atom is 0.241 e. The Labute approximate surface area is 125 Å². The van der Waals surface area contributed by atoms with Crippen molar-refractivity contribution in [2.45, 2.75) is 19.5 Å². The van der Waals surface area contributed by atoms with Crippen molar-refractivity contribution in [1.29, 1.82) is 0 Å². The van der Waals surface area contributed by atoms with Crippen molar-refractivity contribution in [3.8, 4) is 0 Å². The van der Waals surface area contributed by atoms with Gasteiger partial charge in [-0.05, 0) is 38.2 Å². The van der Waals surface area contributed by atoms with Crippen LogP contribution in [0.15, 0.2) is 42.7 Å². The van der Waals surface area contributed by atoms with E-state index in [0.29, 0.717) is 6.54 Å². The third-order valence-corrected chi connectivity index (χ3v) is 3.53. The first-order chi connectivity index (χ1) is 10.1. The molecule has 0 aliphatic heterocycles. The number of amides is 1. The minimum absolute atomic E-state index is 0.0286. The molecule has 1 atom stereocenters. The highest BCUT2D eigenvalue weighted by Crippen LogP contribution is 2.20. The molecule has 0 spiro atoms. The highest BCUT2D eigenvalue weighted by atomic mass is 16.2. The van der Waals surface area contributed by atoms with Gasteiger partial charge in [0, 0.05) is 18.9 Å². The van der Waals surface area contributed by atoms with Crippen molar-refractivity contribution in [2.75, 3.05) is 20.6 Å². The molecule has 0 aliphatic rings. The molecule has 0 saturated carbocycles. The van der Waals surface area contributed by atoms with Crippen molar-refractivity contribution in [3.05, 3.63) is 53.9 Å². The normalized spacial score (nSPS) is 12.4. The number of hydrogen-bond acceptors (Lipinski definition) is 3. The van der Waals surface area contributed by atoms with Crippen LogP contribution in [0.4, 0.5) is 0 Å². The van der Waals surface area contributed by atoms with Crippen LogP contribution in [0.5, 0.6) is 0 Å². The van der Waals surface area contributed by atoms with Gasteiger partial charge in [0.2, 0.25) is 5.91 Å². The van der Waals surface area contributed by atoms with E-state index in [1.165, 1.54) is 11.1 Å². The first kappa shape index (κ1) is 15.3. The third kappa shape index (κ3) is 4.16. The van der Waals surface area contributed by atoms with Crippen molar-refractivity contribution in [3.63, 3.8) is 0 Å². The SMILES string of the molecule is Cc1ccccc1[C@@H](CNC(=O)Cn1cccn1)N(C)C. The molecule has 0 bridgehead atoms. The molecular weight excluding hydrogens is 264 g/mol. The number of aromatic nitrogens is 2. The zero-order valence-corrected chi connectivity index (χ0v) is 12.8. The molecule has 1 aromatic heterocycles. The van der Waals surface area contributed by atoms with Gasteiger partial charge in [-0.1, -0.05) is 24.3 Å². The quantitative estimate of drug-likeness (QED) is 0.878. The predicted octanol–water partition coefficient (Wildman–Crippen LogP) is 1.61. The number of hydrogen-bond donors (Lipinski definition) is 1. The highest BCUT2D eigenvalue weighted by molar-refractivity contribution is 5.75. The molecular formula is C16H22N4O. The average Bonchev–Trinajstić information content (AvgIpc) is 2.93. The summed E-state index contributed by atoms with van der Waals surface area (Å²) in [6.07, 6.45) is 3.45. The molecule has 0 saturated heterocycles. The third-order valence-electron chi connectivity index (χ3n) is 3.53. The van der Waals surface area contributed by atoms with Crippen LogP contribution in [0.1, 0.15) is 17.2 Å². The fourth-order valence-electron chi connectivity index (χ4n) is 2.34. The molecule has 1 aromatic carbocycles. The van der Waals surface area contributed by atoms with E-state index in [9.17, 15) is 4.79 Å². The minimum Gasteiger partial charge on any atom is -0.353 e. The summed E-state index contributed by atoms with van der Waals surface area (Å²) in [5.41, 5.74) is 2.47. The number of nitrogens with one attached hydrogen (secondary N) is 1. The van der Waals surface area contributed by atoms with Gasteiger partial charge in [-0.25, -0.2) is 0 Å². The Balaban J connectivity index is 1.98. The molecule has 1 amide bonds. The van der Waals surface area contributed by atoms with Crippen LogP contribution in [0.25, 0.3) is 0 Å². The van der Waals surface area contributed by atoms with Crippen molar-refractivity contribution >= 4 is 5.91 Å². The van der Waals surface area contributed by atoms with Gasteiger partial charge in [0.15, 0.2) is 0 Å². The Kier molecular flexibility index (Phi) is 5.11. The fourth-order valence-corrected chi connectivity index (χ4v) is 2.34. The second-order valence-corrected chi connectivity index (χ2v) is 5.34. The van der Waals surface area contributed by atoms with E-state index in [2.05, 4.69) is 34.4 Å². The number of carbonyl (C=O) groups excluding carboxylic acids is 1. The van der Waals surface area contributed by atoms with Gasteiger partial charge in [0.25, 0.3) is 0 Å². The summed E-state index contributed by atoms with van der Waals surface area (Å²) in [4.78, 5) is 14.1. The summed E-state index contributed by atoms with van der Waals surface area (Å²) in [5.74, 6) is -0.0286. The molecule has 0 aliphatic carbocycles. The van der Waals surface area contributed by atoms with Gasteiger partial charge in [-0.3, -0.25) is 9.48 Å². The van der Waals surface area contributed by atoms with Gasteiger partial charge in [0.05, 0.1) is 6.04 Å². The number of aryl methyl sites for hydroxylation is 1. The van der Waals surface area contributed by atoms with Gasteiger partial charge in [0.1, 0.15) is 6.54 Å². The van der Waals surface area contributed by atoms with Crippen LogP contribution in [0.3, 0.4) is 0 Å². The van der Waals surface area contributed by atoms with Crippen molar-refractivity contribution < 1.29 is 4.79 Å². The number of rotatable bonds is 6. The monoisotopic (exact) mass is 286 g/mol. The molecule has 112 valence electrons. The Morgan fingerprint density at radius 2 is 2.10 bits per heavy atom. The molecule has 5 nitrogen and oxygen atoms in total.